The topological polar surface area (TPSA) is 48.3 Å². The number of aromatic amines is 1. The molecule has 0 spiro atoms. The zero-order valence-electron chi connectivity index (χ0n) is 10.8. The first kappa shape index (κ1) is 12.6. The largest absolute Gasteiger partial charge is 0.361 e. The van der Waals surface area contributed by atoms with Gasteiger partial charge in [0, 0.05) is 31.0 Å². The van der Waals surface area contributed by atoms with E-state index >= 15 is 0 Å². The molecule has 0 aliphatic carbocycles. The molecule has 0 radical (unpaired) electrons. The summed E-state index contributed by atoms with van der Waals surface area (Å²) in [6.07, 6.45) is 2.22. The van der Waals surface area contributed by atoms with E-state index in [1.165, 1.54) is 44.0 Å². The first-order chi connectivity index (χ1) is 8.28. The number of hydrogen-bond acceptors (Lipinski definition) is 3. The minimum atomic E-state index is 0.717. The molecule has 2 rings (SSSR count). The molecule has 0 atom stereocenters. The van der Waals surface area contributed by atoms with Crippen LogP contribution in [0.15, 0.2) is 12.1 Å². The van der Waals surface area contributed by atoms with Crippen molar-refractivity contribution in [3.63, 3.8) is 0 Å². The van der Waals surface area contributed by atoms with Gasteiger partial charge in [-0.3, -0.25) is 4.90 Å². The number of nitrogens with zero attached hydrogens (tertiary/aromatic N) is 2. The van der Waals surface area contributed by atoms with E-state index < -0.39 is 0 Å². The normalized spacial score (nSPS) is 19.4. The Bertz CT molecular complexity index is 334. The molecular weight excluding hydrogens is 212 g/mol. The zero-order chi connectivity index (χ0) is 12.1. The van der Waals surface area contributed by atoms with Crippen molar-refractivity contribution >= 4 is 0 Å². The van der Waals surface area contributed by atoms with Crippen molar-refractivity contribution < 1.29 is 0 Å². The average Bonchev–Trinajstić information content (AvgIpc) is 2.63. The van der Waals surface area contributed by atoms with Gasteiger partial charge in [-0.2, -0.15) is 0 Å². The summed E-state index contributed by atoms with van der Waals surface area (Å²) in [6, 6.07) is 4.35. The molecular formula is C13H24N4. The zero-order valence-corrected chi connectivity index (χ0v) is 10.8. The second-order valence-corrected chi connectivity index (χ2v) is 4.98. The van der Waals surface area contributed by atoms with Gasteiger partial charge in [0.1, 0.15) is 0 Å². The van der Waals surface area contributed by atoms with Crippen molar-refractivity contribution in [1.82, 2.24) is 14.8 Å². The lowest BCUT2D eigenvalue weighted by Crippen LogP contribution is -2.28. The molecule has 1 aromatic rings. The van der Waals surface area contributed by atoms with E-state index in [0.717, 1.165) is 13.0 Å². The predicted molar refractivity (Wildman–Crippen MR) is 70.9 cm³/mol. The smallest absolute Gasteiger partial charge is 0.0385 e. The van der Waals surface area contributed by atoms with Gasteiger partial charge in [-0.05, 0) is 51.7 Å². The highest BCUT2D eigenvalue weighted by Crippen LogP contribution is 2.08. The highest BCUT2D eigenvalue weighted by molar-refractivity contribution is 5.13. The van der Waals surface area contributed by atoms with E-state index in [1.807, 2.05) is 0 Å². The summed E-state index contributed by atoms with van der Waals surface area (Å²) >= 11 is 0. The van der Waals surface area contributed by atoms with Gasteiger partial charge in [-0.15, -0.1) is 0 Å². The van der Waals surface area contributed by atoms with Crippen LogP contribution in [0.1, 0.15) is 17.8 Å². The van der Waals surface area contributed by atoms with Gasteiger partial charge in [0.2, 0.25) is 0 Å². The highest BCUT2D eigenvalue weighted by atomic mass is 15.2. The number of nitrogens with one attached hydrogen (secondary N) is 1. The molecule has 0 unspecified atom stereocenters. The molecule has 4 nitrogen and oxygen atoms in total. The van der Waals surface area contributed by atoms with Crippen LogP contribution in [-0.2, 0) is 13.0 Å². The Morgan fingerprint density at radius 1 is 1.18 bits per heavy atom. The highest BCUT2D eigenvalue weighted by Gasteiger charge is 2.12. The van der Waals surface area contributed by atoms with Gasteiger partial charge < -0.3 is 15.6 Å². The molecule has 1 aliphatic rings. The molecule has 0 aromatic carbocycles. The fourth-order valence-electron chi connectivity index (χ4n) is 2.38. The van der Waals surface area contributed by atoms with E-state index in [-0.39, 0.29) is 0 Å². The Hall–Kier alpha value is -0.840. The van der Waals surface area contributed by atoms with Gasteiger partial charge in [-0.1, -0.05) is 0 Å². The molecule has 1 aliphatic heterocycles. The SMILES string of the molecule is CN1CCCN(Cc2ccc(CCN)[nH]2)CC1. The maximum atomic E-state index is 5.55. The van der Waals surface area contributed by atoms with Crippen LogP contribution in [0.5, 0.6) is 0 Å². The number of likely N-dealkylation sites (N-methyl/N-ethyl adjacent to an activating group) is 1. The molecule has 2 heterocycles. The Kier molecular flexibility index (Phi) is 4.59. The number of aromatic nitrogens is 1. The molecule has 0 amide bonds. The van der Waals surface area contributed by atoms with Gasteiger partial charge in [0.25, 0.3) is 0 Å². The Balaban J connectivity index is 1.86. The summed E-state index contributed by atoms with van der Waals surface area (Å²) in [5, 5.41) is 0. The fraction of sp³-hybridized carbons (Fsp3) is 0.692. The van der Waals surface area contributed by atoms with Crippen LogP contribution in [0, 0.1) is 0 Å². The molecule has 0 saturated carbocycles. The standard InChI is InChI=1S/C13H24N4/c1-16-7-2-8-17(10-9-16)11-13-4-3-12(15-13)5-6-14/h3-4,15H,2,5-11,14H2,1H3. The molecule has 3 N–H and O–H groups in total. The second-order valence-electron chi connectivity index (χ2n) is 4.98. The molecule has 17 heavy (non-hydrogen) atoms. The first-order valence-corrected chi connectivity index (χ1v) is 6.55. The monoisotopic (exact) mass is 236 g/mol. The maximum absolute atomic E-state index is 5.55. The van der Waals surface area contributed by atoms with Crippen LogP contribution >= 0.6 is 0 Å². The van der Waals surface area contributed by atoms with Crippen LogP contribution in [0.25, 0.3) is 0 Å². The van der Waals surface area contributed by atoms with Crippen molar-refractivity contribution in [3.8, 4) is 0 Å². The number of H-pyrrole nitrogens is 1. The molecule has 1 fully saturated rings. The van der Waals surface area contributed by atoms with Crippen molar-refractivity contribution in [2.45, 2.75) is 19.4 Å². The minimum Gasteiger partial charge on any atom is -0.361 e. The molecule has 96 valence electrons. The van der Waals surface area contributed by atoms with Crippen molar-refractivity contribution in [3.05, 3.63) is 23.5 Å². The molecule has 1 saturated heterocycles. The second kappa shape index (κ2) is 6.19. The van der Waals surface area contributed by atoms with Crippen LogP contribution < -0.4 is 5.73 Å². The van der Waals surface area contributed by atoms with Crippen LogP contribution in [0.2, 0.25) is 0 Å². The third-order valence-corrected chi connectivity index (χ3v) is 3.43. The maximum Gasteiger partial charge on any atom is 0.0385 e. The first-order valence-electron chi connectivity index (χ1n) is 6.55. The van der Waals surface area contributed by atoms with E-state index in [4.69, 9.17) is 5.73 Å². The fourth-order valence-corrected chi connectivity index (χ4v) is 2.38. The third kappa shape index (κ3) is 3.84. The van der Waals surface area contributed by atoms with E-state index in [2.05, 4.69) is 34.0 Å². The van der Waals surface area contributed by atoms with Crippen LogP contribution in [0.4, 0.5) is 0 Å². The number of hydrogen-bond donors (Lipinski definition) is 2. The molecule has 1 aromatic heterocycles. The predicted octanol–water partition coefficient (Wildman–Crippen LogP) is 0.653. The molecule has 4 heteroatoms. The number of rotatable bonds is 4. The van der Waals surface area contributed by atoms with Crippen LogP contribution in [0.3, 0.4) is 0 Å². The van der Waals surface area contributed by atoms with Crippen LogP contribution in [-0.4, -0.2) is 54.6 Å². The quantitative estimate of drug-likeness (QED) is 0.807. The summed E-state index contributed by atoms with van der Waals surface area (Å²) in [5.74, 6) is 0. The van der Waals surface area contributed by atoms with Gasteiger partial charge >= 0.3 is 0 Å². The van der Waals surface area contributed by atoms with Crippen molar-refractivity contribution in [1.29, 1.82) is 0 Å². The van der Waals surface area contributed by atoms with Crippen molar-refractivity contribution in [2.24, 2.45) is 5.73 Å². The Labute approximate surface area is 104 Å². The average molecular weight is 236 g/mol. The summed E-state index contributed by atoms with van der Waals surface area (Å²) in [7, 11) is 2.21. The van der Waals surface area contributed by atoms with Gasteiger partial charge in [-0.25, -0.2) is 0 Å². The summed E-state index contributed by atoms with van der Waals surface area (Å²) < 4.78 is 0. The van der Waals surface area contributed by atoms with E-state index in [9.17, 15) is 0 Å². The lowest BCUT2D eigenvalue weighted by Gasteiger charge is -2.19. The minimum absolute atomic E-state index is 0.717. The van der Waals surface area contributed by atoms with Gasteiger partial charge in [0.05, 0.1) is 0 Å². The Morgan fingerprint density at radius 2 is 2.00 bits per heavy atom. The lowest BCUT2D eigenvalue weighted by molar-refractivity contribution is 0.267. The summed E-state index contributed by atoms with van der Waals surface area (Å²) in [5.41, 5.74) is 8.13. The summed E-state index contributed by atoms with van der Waals surface area (Å²) in [4.78, 5) is 8.40. The third-order valence-electron chi connectivity index (χ3n) is 3.43. The van der Waals surface area contributed by atoms with Crippen molar-refractivity contribution in [2.75, 3.05) is 39.8 Å². The van der Waals surface area contributed by atoms with Gasteiger partial charge in [0.15, 0.2) is 0 Å². The molecule has 0 bridgehead atoms. The van der Waals surface area contributed by atoms with E-state index in [0.29, 0.717) is 6.54 Å². The van der Waals surface area contributed by atoms with E-state index in [1.54, 1.807) is 0 Å². The number of nitrogens with two attached hydrogens (primary N) is 1. The lowest BCUT2D eigenvalue weighted by atomic mass is 10.3. The Morgan fingerprint density at radius 3 is 2.82 bits per heavy atom. The summed E-state index contributed by atoms with van der Waals surface area (Å²) in [6.45, 7) is 6.53.